The van der Waals surface area contributed by atoms with Gasteiger partial charge in [-0.1, -0.05) is 0 Å². The Kier molecular flexibility index (Phi) is 9.43. The van der Waals surface area contributed by atoms with Crippen LogP contribution in [0.25, 0.3) is 0 Å². The second-order valence-electron chi connectivity index (χ2n) is 0.589. The Hall–Kier alpha value is 0.0300. The van der Waals surface area contributed by atoms with E-state index < -0.39 is 7.75 Å². The van der Waals surface area contributed by atoms with Gasteiger partial charge in [0.05, 0.1) is 0 Å². The molecule has 0 bridgehead atoms. The zero-order valence-electron chi connectivity index (χ0n) is 3.74. The first-order valence-electron chi connectivity index (χ1n) is 0.841. The van der Waals surface area contributed by atoms with Crippen molar-refractivity contribution in [2.45, 2.75) is 0 Å². The fourth-order valence-electron chi connectivity index (χ4n) is 0. The van der Waals surface area contributed by atoms with E-state index in [-0.39, 0.29) is 12.3 Å². The lowest BCUT2D eigenvalue weighted by atomic mass is 13.9. The molecule has 0 aromatic heterocycles. The average Bonchev–Trinajstić information content (AvgIpc) is 0.722. The first-order chi connectivity index (χ1) is 2.00. The summed E-state index contributed by atoms with van der Waals surface area (Å²) < 4.78 is 9.10. The van der Waals surface area contributed by atoms with Crippen molar-refractivity contribution < 1.29 is 14.4 Å². The molecule has 0 aliphatic rings. The van der Waals surface area contributed by atoms with Gasteiger partial charge in [0.15, 0.2) is 0 Å². The number of hydrogen-bond donors (Lipinski definition) is 5. The largest absolute Gasteiger partial charge is 0.397 e. The molecule has 0 fully saturated rings. The minimum atomic E-state index is -4.14. The van der Waals surface area contributed by atoms with Crippen LogP contribution < -0.4 is 17.8 Å². The van der Waals surface area contributed by atoms with Gasteiger partial charge in [0.25, 0.3) is 0 Å². The second-order valence-corrected chi connectivity index (χ2v) is 1.77. The van der Waals surface area contributed by atoms with Crippen LogP contribution >= 0.6 is 7.75 Å². The number of rotatable bonds is 0. The smallest absolute Gasteiger partial charge is 0.344 e. The van der Waals surface area contributed by atoms with Gasteiger partial charge in [0.1, 0.15) is 0 Å². The molecule has 7 heteroatoms. The van der Waals surface area contributed by atoms with Crippen LogP contribution in [0.3, 0.4) is 0 Å². The van der Waals surface area contributed by atoms with Gasteiger partial charge >= 0.3 is 7.75 Å². The minimum absolute atomic E-state index is 0. The van der Waals surface area contributed by atoms with Crippen molar-refractivity contribution in [3.63, 3.8) is 0 Å². The molecule has 0 rings (SSSR count). The fourth-order valence-corrected chi connectivity index (χ4v) is 0. The van der Waals surface area contributed by atoms with Crippen molar-refractivity contribution >= 4 is 7.75 Å². The Morgan fingerprint density at radius 1 is 1.29 bits per heavy atom. The van der Waals surface area contributed by atoms with E-state index >= 15 is 0 Å². The van der Waals surface area contributed by atoms with Gasteiger partial charge in [-0.3, -0.25) is 0 Å². The predicted molar refractivity (Wildman–Crippen MR) is 26.3 cm³/mol. The summed E-state index contributed by atoms with van der Waals surface area (Å²) in [6.07, 6.45) is 0. The van der Waals surface area contributed by atoms with Crippen LogP contribution in [0.2, 0.25) is 0 Å². The van der Waals surface area contributed by atoms with Crippen LogP contribution in [0.5, 0.6) is 0 Å². The van der Waals surface area contributed by atoms with E-state index in [9.17, 15) is 0 Å². The summed E-state index contributed by atoms with van der Waals surface area (Å²) in [5.41, 5.74) is 4.02. The van der Waals surface area contributed by atoms with Gasteiger partial charge in [-0.05, 0) is 0 Å². The van der Waals surface area contributed by atoms with Crippen LogP contribution in [-0.2, 0) is 4.57 Å². The third kappa shape index (κ3) is 109000. The fraction of sp³-hybridized carbons (Fsp3) is 0. The monoisotopic (exact) mass is 131 g/mol. The molecule has 7 heavy (non-hydrogen) atoms. The molecular formula is H10N3O3P. The Morgan fingerprint density at radius 2 is 1.29 bits per heavy atom. The molecular weight excluding hydrogens is 121 g/mol. The Labute approximate surface area is 41.1 Å². The normalized spacial score (nSPS) is 8.43. The van der Waals surface area contributed by atoms with Crippen molar-refractivity contribution in [3.8, 4) is 0 Å². The third-order valence-electron chi connectivity index (χ3n) is 0. The van der Waals surface area contributed by atoms with E-state index in [0.29, 0.717) is 0 Å². The van der Waals surface area contributed by atoms with E-state index in [1.807, 2.05) is 0 Å². The van der Waals surface area contributed by atoms with E-state index in [1.165, 1.54) is 0 Å². The maximum atomic E-state index is 9.10. The quantitative estimate of drug-likeness (QED) is 0.275. The molecule has 0 saturated carbocycles. The van der Waals surface area contributed by atoms with Crippen molar-refractivity contribution in [3.05, 3.63) is 0 Å². The molecule has 0 unspecified atom stereocenters. The van der Waals surface area contributed by atoms with Gasteiger partial charge in [0.2, 0.25) is 0 Å². The molecule has 0 aliphatic heterocycles. The maximum Gasteiger partial charge on any atom is 0.397 e. The van der Waals surface area contributed by atoms with Crippen molar-refractivity contribution in [2.24, 2.45) is 5.50 Å². The molecule has 10 N–H and O–H groups in total. The summed E-state index contributed by atoms with van der Waals surface area (Å²) >= 11 is 0. The molecule has 0 spiro atoms. The Bertz CT molecular complexity index is 56.3. The number of hydrogen-bond acceptors (Lipinski definition) is 3. The van der Waals surface area contributed by atoms with Gasteiger partial charge in [0, 0.05) is 0 Å². The van der Waals surface area contributed by atoms with Crippen molar-refractivity contribution in [1.29, 1.82) is 0 Å². The van der Waals surface area contributed by atoms with Crippen LogP contribution in [0.1, 0.15) is 0 Å². The zero-order valence-corrected chi connectivity index (χ0v) is 4.64. The summed E-state index contributed by atoms with van der Waals surface area (Å²) in [6.45, 7) is 0. The maximum absolute atomic E-state index is 9.10. The van der Waals surface area contributed by atoms with Crippen molar-refractivity contribution in [2.75, 3.05) is 0 Å². The molecule has 0 aromatic carbocycles. The SMILES string of the molecule is N.N.NP(=O)(O)O. The first kappa shape index (κ1) is 15.7. The lowest BCUT2D eigenvalue weighted by molar-refractivity contribution is 0.374. The van der Waals surface area contributed by atoms with Crippen molar-refractivity contribution in [1.82, 2.24) is 12.3 Å². The molecule has 0 radical (unpaired) electrons. The molecule has 48 valence electrons. The first-order valence-corrected chi connectivity index (χ1v) is 2.52. The Morgan fingerprint density at radius 3 is 1.29 bits per heavy atom. The Balaban J connectivity index is -0.0000000800. The molecule has 0 amide bonds. The lowest BCUT2D eigenvalue weighted by Crippen LogP contribution is -1.87. The minimum Gasteiger partial charge on any atom is -0.344 e. The van der Waals surface area contributed by atoms with E-state index in [2.05, 4.69) is 5.50 Å². The van der Waals surface area contributed by atoms with E-state index in [4.69, 9.17) is 14.4 Å². The summed E-state index contributed by atoms with van der Waals surface area (Å²) in [4.78, 5) is 14.8. The van der Waals surface area contributed by atoms with Crippen LogP contribution in [-0.4, -0.2) is 9.79 Å². The van der Waals surface area contributed by atoms with Crippen LogP contribution in [0.4, 0.5) is 0 Å². The highest BCUT2D eigenvalue weighted by atomic mass is 31.2. The summed E-state index contributed by atoms with van der Waals surface area (Å²) in [5, 5.41) is 0. The molecule has 0 saturated heterocycles. The molecule has 0 heterocycles. The summed E-state index contributed by atoms with van der Waals surface area (Å²) in [7, 11) is -4.14. The van der Waals surface area contributed by atoms with Crippen LogP contribution in [0.15, 0.2) is 0 Å². The highest BCUT2D eigenvalue weighted by Crippen LogP contribution is 2.20. The number of nitrogens with two attached hydrogens (primary N) is 1. The zero-order chi connectivity index (χ0) is 4.50. The molecule has 0 aromatic rings. The topological polar surface area (TPSA) is 154 Å². The van der Waals surface area contributed by atoms with E-state index in [1.54, 1.807) is 0 Å². The summed E-state index contributed by atoms with van der Waals surface area (Å²) in [5.74, 6) is 0. The lowest BCUT2D eigenvalue weighted by Gasteiger charge is -1.84. The van der Waals surface area contributed by atoms with E-state index in [0.717, 1.165) is 0 Å². The highest BCUT2D eigenvalue weighted by Gasteiger charge is 1.96. The molecule has 6 nitrogen and oxygen atoms in total. The molecule has 0 aliphatic carbocycles. The van der Waals surface area contributed by atoms with Gasteiger partial charge in [-0.2, -0.15) is 0 Å². The standard InChI is InChI=1S/H4NO3P.2H3N/c1-5(2,3)4;;/h(H4,1,2,3,4);2*1H3. The van der Waals surface area contributed by atoms with Gasteiger partial charge in [-0.15, -0.1) is 0 Å². The third-order valence-corrected chi connectivity index (χ3v) is 0. The average molecular weight is 131 g/mol. The van der Waals surface area contributed by atoms with Gasteiger partial charge in [-0.25, -0.2) is 10.1 Å². The highest BCUT2D eigenvalue weighted by molar-refractivity contribution is 7.49. The second kappa shape index (κ2) is 4.20. The summed E-state index contributed by atoms with van der Waals surface area (Å²) in [6, 6.07) is 0. The van der Waals surface area contributed by atoms with Gasteiger partial charge < -0.3 is 22.1 Å². The molecule has 0 atom stereocenters. The predicted octanol–water partition coefficient (Wildman–Crippen LogP) is -0.638. The van der Waals surface area contributed by atoms with Crippen LogP contribution in [0, 0.1) is 0 Å².